The summed E-state index contributed by atoms with van der Waals surface area (Å²) in [5.41, 5.74) is -0.0965. The van der Waals surface area contributed by atoms with Crippen LogP contribution in [0, 0.1) is 0 Å². The van der Waals surface area contributed by atoms with E-state index in [0.29, 0.717) is 5.80 Å². The Labute approximate surface area is 90.9 Å². The van der Waals surface area contributed by atoms with Gasteiger partial charge in [-0.1, -0.05) is 0 Å². The van der Waals surface area contributed by atoms with E-state index < -0.39 is 5.97 Å². The molecule has 16 heavy (non-hydrogen) atoms. The maximum absolute atomic E-state index is 10.6. The summed E-state index contributed by atoms with van der Waals surface area (Å²) in [4.78, 5) is 22.2. The van der Waals surface area contributed by atoms with Crippen LogP contribution in [0.15, 0.2) is 17.3 Å². The normalized spacial score (nSPS) is 23.6. The first kappa shape index (κ1) is 9.34. The van der Waals surface area contributed by atoms with Gasteiger partial charge in [-0.2, -0.15) is 4.99 Å². The Morgan fingerprint density at radius 1 is 1.69 bits per heavy atom. The molecule has 0 spiro atoms. The van der Waals surface area contributed by atoms with E-state index in [9.17, 15) is 4.79 Å². The van der Waals surface area contributed by atoms with Gasteiger partial charge in [0, 0.05) is 6.20 Å². The van der Waals surface area contributed by atoms with Gasteiger partial charge in [0.05, 0.1) is 5.90 Å². The Balaban J connectivity index is 1.79. The highest BCUT2D eigenvalue weighted by molar-refractivity contribution is 7.04. The van der Waals surface area contributed by atoms with E-state index in [1.54, 1.807) is 7.48 Å². The van der Waals surface area contributed by atoms with Crippen molar-refractivity contribution in [1.82, 2.24) is 9.97 Å². The van der Waals surface area contributed by atoms with Gasteiger partial charge in [-0.15, -0.1) is 0 Å². The number of hydrogen-bond acceptors (Lipinski definition) is 6. The molecule has 2 saturated heterocycles. The number of aromatic carboxylic acids is 1. The van der Waals surface area contributed by atoms with E-state index in [2.05, 4.69) is 15.0 Å². The summed E-state index contributed by atoms with van der Waals surface area (Å²) in [6, 6.07) is 1.30. The van der Waals surface area contributed by atoms with Crippen molar-refractivity contribution < 1.29 is 19.2 Å². The number of carboxylic acids is 1. The van der Waals surface area contributed by atoms with Crippen molar-refractivity contribution in [3.05, 3.63) is 18.0 Å². The van der Waals surface area contributed by atoms with Gasteiger partial charge in [0.25, 0.3) is 5.95 Å². The first-order chi connectivity index (χ1) is 7.74. The van der Waals surface area contributed by atoms with Gasteiger partial charge in [-0.25, -0.2) is 14.8 Å². The lowest BCUT2D eigenvalue weighted by Crippen LogP contribution is -2.05. The third kappa shape index (κ3) is 1.76. The molecule has 2 fully saturated rings. The highest BCUT2D eigenvalue weighted by atomic mass is 16.6. The Kier molecular flexibility index (Phi) is 1.93. The molecule has 1 unspecified atom stereocenters. The summed E-state index contributed by atoms with van der Waals surface area (Å²) < 4.78 is 10.0. The van der Waals surface area contributed by atoms with Crippen LogP contribution in [0.2, 0.25) is 0 Å². The molecule has 1 aromatic rings. The number of carboxylic acid groups (broad SMARTS) is 1. The minimum atomic E-state index is -1.11. The largest absolute Gasteiger partial charge is 0.544 e. The number of hydrogen-bond donors (Lipinski definition) is 1. The number of rotatable bonds is 3. The second kappa shape index (κ2) is 3.31. The minimum absolute atomic E-state index is 0.0265. The van der Waals surface area contributed by atoms with Gasteiger partial charge >= 0.3 is 20.4 Å². The molecule has 9 heteroatoms. The smallest absolute Gasteiger partial charge is 0.474 e. The number of carbonyl (C=O) groups is 1. The van der Waals surface area contributed by atoms with Gasteiger partial charge < -0.3 is 14.4 Å². The summed E-state index contributed by atoms with van der Waals surface area (Å²) in [5.74, 6) is -0.586. The molecule has 0 saturated carbocycles. The Morgan fingerprint density at radius 2 is 2.50 bits per heavy atom. The molecule has 3 rings (SSSR count). The maximum Gasteiger partial charge on any atom is 0.474 e. The second-order valence-corrected chi connectivity index (χ2v) is 3.27. The van der Waals surface area contributed by atoms with Crippen LogP contribution in [-0.2, 0) is 9.31 Å². The highest BCUT2D eigenvalue weighted by Crippen LogP contribution is 2.24. The predicted octanol–water partition coefficient (Wildman–Crippen LogP) is -0.720. The van der Waals surface area contributed by atoms with Crippen LogP contribution in [0.1, 0.15) is 10.5 Å². The van der Waals surface area contributed by atoms with Crippen LogP contribution in [0.5, 0.6) is 0 Å². The first-order valence-corrected chi connectivity index (χ1v) is 4.54. The quantitative estimate of drug-likeness (QED) is 0.528. The van der Waals surface area contributed by atoms with Crippen LogP contribution in [0.25, 0.3) is 0 Å². The Hall–Kier alpha value is -1.89. The fourth-order valence-corrected chi connectivity index (χ4v) is 1.20. The minimum Gasteiger partial charge on any atom is -0.544 e. The van der Waals surface area contributed by atoms with Crippen molar-refractivity contribution in [2.75, 3.05) is 0 Å². The molecule has 0 amide bonds. The second-order valence-electron chi connectivity index (χ2n) is 3.27. The molecular formula is C7H4B2N3O4. The third-order valence-corrected chi connectivity index (χ3v) is 2.10. The lowest BCUT2D eigenvalue weighted by molar-refractivity contribution is 0.0690. The molecule has 2 aliphatic rings. The zero-order chi connectivity index (χ0) is 11.1. The van der Waals surface area contributed by atoms with Crippen molar-refractivity contribution in [3.63, 3.8) is 0 Å². The summed E-state index contributed by atoms with van der Waals surface area (Å²) in [5, 5.41) is 8.71. The Bertz CT molecular complexity index is 490. The summed E-state index contributed by atoms with van der Waals surface area (Å²) in [6.45, 7) is -0.155. The Morgan fingerprint density at radius 3 is 3.19 bits per heavy atom. The molecule has 7 nitrogen and oxygen atoms in total. The van der Waals surface area contributed by atoms with E-state index in [4.69, 9.17) is 14.4 Å². The van der Waals surface area contributed by atoms with E-state index >= 15 is 0 Å². The zero-order valence-electron chi connectivity index (χ0n) is 7.90. The van der Waals surface area contributed by atoms with Crippen LogP contribution in [0.4, 0.5) is 5.95 Å². The first-order valence-electron chi connectivity index (χ1n) is 4.54. The lowest BCUT2D eigenvalue weighted by atomic mass is 9.65. The third-order valence-electron chi connectivity index (χ3n) is 2.10. The number of aromatic nitrogens is 2. The van der Waals surface area contributed by atoms with Crippen LogP contribution >= 0.6 is 0 Å². The topological polar surface area (TPSA) is 100 Å². The molecule has 2 aliphatic heterocycles. The van der Waals surface area contributed by atoms with Crippen LogP contribution in [0.3, 0.4) is 0 Å². The molecule has 0 aromatic carbocycles. The van der Waals surface area contributed by atoms with E-state index in [1.807, 2.05) is 0 Å². The van der Waals surface area contributed by atoms with Crippen molar-refractivity contribution in [2.45, 2.75) is 5.90 Å². The fourth-order valence-electron chi connectivity index (χ4n) is 1.20. The number of nitrogens with zero attached hydrogens (tertiary/aromatic N) is 3. The molecule has 0 bridgehead atoms. The molecule has 1 N–H and O–H groups in total. The molecule has 3 heterocycles. The lowest BCUT2D eigenvalue weighted by Gasteiger charge is -1.92. The molecule has 1 aromatic heterocycles. The summed E-state index contributed by atoms with van der Waals surface area (Å²) in [6.07, 6.45) is 1.34. The van der Waals surface area contributed by atoms with Gasteiger partial charge in [0.15, 0.2) is 11.5 Å². The molecule has 0 aliphatic carbocycles. The predicted molar refractivity (Wildman–Crippen MR) is 53.6 cm³/mol. The summed E-state index contributed by atoms with van der Waals surface area (Å²) >= 11 is 0. The van der Waals surface area contributed by atoms with Crippen molar-refractivity contribution in [1.29, 1.82) is 0 Å². The van der Waals surface area contributed by atoms with Crippen LogP contribution in [-0.4, -0.2) is 47.1 Å². The van der Waals surface area contributed by atoms with Crippen molar-refractivity contribution >= 4 is 32.1 Å². The standard InChI is InChI=1S/C7H4B2N3O4/c13-4(14)3-1-2-10-7(11-3)12-6-9(16-6)5-8-15-5/h1-2,5H,(H,13,14)/b12-6+. The molecule has 1 radical (unpaired) electrons. The van der Waals surface area contributed by atoms with Gasteiger partial charge in [0.2, 0.25) is 0 Å². The summed E-state index contributed by atoms with van der Waals surface area (Å²) in [7, 11) is 1.64. The van der Waals surface area contributed by atoms with E-state index in [-0.39, 0.29) is 24.5 Å². The van der Waals surface area contributed by atoms with Crippen molar-refractivity contribution in [3.8, 4) is 0 Å². The molecule has 77 valence electrons. The highest BCUT2D eigenvalue weighted by Gasteiger charge is 2.57. The van der Waals surface area contributed by atoms with Gasteiger partial charge in [0.1, 0.15) is 0 Å². The maximum atomic E-state index is 10.6. The number of aliphatic imine (C=N–C) groups is 1. The van der Waals surface area contributed by atoms with Crippen LogP contribution < -0.4 is 0 Å². The van der Waals surface area contributed by atoms with Gasteiger partial charge in [-0.3, -0.25) is 0 Å². The SMILES string of the molecule is O=C(O)c1ccnc(/N=C2/OB2C2[B]O2)n1. The van der Waals surface area contributed by atoms with E-state index in [0.717, 1.165) is 0 Å². The van der Waals surface area contributed by atoms with Crippen molar-refractivity contribution in [2.24, 2.45) is 4.99 Å². The molecular weight excluding hydrogens is 212 g/mol. The zero-order valence-corrected chi connectivity index (χ0v) is 7.90. The van der Waals surface area contributed by atoms with Gasteiger partial charge in [-0.05, 0) is 6.07 Å². The molecule has 1 atom stereocenters. The van der Waals surface area contributed by atoms with E-state index in [1.165, 1.54) is 12.3 Å². The monoisotopic (exact) mass is 216 g/mol. The fraction of sp³-hybridized carbons (Fsp3) is 0.143. The average Bonchev–Trinajstić information content (AvgIpc) is 3.11. The average molecular weight is 216 g/mol.